The molecule has 0 saturated carbocycles. The quantitative estimate of drug-likeness (QED) is 0.0962. The summed E-state index contributed by atoms with van der Waals surface area (Å²) in [4.78, 5) is 19.2. The molecule has 0 aromatic rings. The predicted octanol–water partition coefficient (Wildman–Crippen LogP) is 6.15. The minimum absolute atomic E-state index is 0.0538. The normalized spacial score (nSPS) is 15.3. The summed E-state index contributed by atoms with van der Waals surface area (Å²) in [6, 6.07) is 0. The van der Waals surface area contributed by atoms with E-state index in [0.29, 0.717) is 10.9 Å². The Morgan fingerprint density at radius 3 is 1.63 bits per heavy atom. The van der Waals surface area contributed by atoms with Gasteiger partial charge in [-0.3, -0.25) is 4.57 Å². The van der Waals surface area contributed by atoms with Gasteiger partial charge in [0.1, 0.15) is 6.54 Å². The lowest BCUT2D eigenvalue weighted by Gasteiger charge is -2.35. The van der Waals surface area contributed by atoms with Gasteiger partial charge in [-0.05, 0) is 51.4 Å². The van der Waals surface area contributed by atoms with E-state index < -0.39 is 12.9 Å². The molecule has 0 bridgehead atoms. The first-order chi connectivity index (χ1) is 14.0. The van der Waals surface area contributed by atoms with Crippen molar-refractivity contribution >= 4 is 7.60 Å². The van der Waals surface area contributed by atoms with Gasteiger partial charge in [0.15, 0.2) is 0 Å². The Bertz CT molecular complexity index is 522. The van der Waals surface area contributed by atoms with Gasteiger partial charge in [0, 0.05) is 0 Å². The van der Waals surface area contributed by atoms with Crippen molar-refractivity contribution in [1.82, 2.24) is 0 Å². The van der Waals surface area contributed by atoms with Gasteiger partial charge in [0.2, 0.25) is 5.34 Å². The largest absolute Gasteiger partial charge is 0.373 e. The fourth-order valence-corrected chi connectivity index (χ4v) is 4.69. The highest BCUT2D eigenvalue weighted by Crippen LogP contribution is 2.52. The SMILES string of the molecule is CCCCC/C=C\CC/C=C\CCCCCCCCC(O)(C[N+](C)(C)C)P(=O)(O)O. The molecule has 1 atom stereocenters. The molecular formula is C24H49NO4P+. The molecule has 5 nitrogen and oxygen atoms in total. The van der Waals surface area contributed by atoms with Crippen LogP contribution in [-0.2, 0) is 4.57 Å². The highest BCUT2D eigenvalue weighted by atomic mass is 31.2. The summed E-state index contributed by atoms with van der Waals surface area (Å²) < 4.78 is 12.1. The van der Waals surface area contributed by atoms with Crippen LogP contribution >= 0.6 is 7.60 Å². The van der Waals surface area contributed by atoms with Crippen molar-refractivity contribution in [3.8, 4) is 0 Å². The van der Waals surface area contributed by atoms with Crippen LogP contribution in [0, 0.1) is 0 Å². The van der Waals surface area contributed by atoms with E-state index in [-0.39, 0.29) is 13.0 Å². The fourth-order valence-electron chi connectivity index (χ4n) is 3.63. The van der Waals surface area contributed by atoms with Gasteiger partial charge in [-0.15, -0.1) is 0 Å². The van der Waals surface area contributed by atoms with E-state index in [2.05, 4.69) is 31.2 Å². The van der Waals surface area contributed by atoms with Gasteiger partial charge < -0.3 is 19.4 Å². The van der Waals surface area contributed by atoms with Crippen LogP contribution in [0.25, 0.3) is 0 Å². The Morgan fingerprint density at radius 2 is 1.17 bits per heavy atom. The third-order valence-electron chi connectivity index (χ3n) is 5.28. The van der Waals surface area contributed by atoms with Crippen molar-refractivity contribution < 1.29 is 23.9 Å². The second kappa shape index (κ2) is 16.2. The molecule has 0 heterocycles. The second-order valence-corrected chi connectivity index (χ2v) is 11.6. The van der Waals surface area contributed by atoms with E-state index in [1.807, 2.05) is 21.1 Å². The van der Waals surface area contributed by atoms with Crippen molar-refractivity contribution in [1.29, 1.82) is 0 Å². The lowest BCUT2D eigenvalue weighted by Crippen LogP contribution is -2.49. The van der Waals surface area contributed by atoms with E-state index in [1.54, 1.807) is 0 Å². The second-order valence-electron chi connectivity index (χ2n) is 9.65. The van der Waals surface area contributed by atoms with E-state index in [4.69, 9.17) is 0 Å². The minimum atomic E-state index is -4.55. The summed E-state index contributed by atoms with van der Waals surface area (Å²) >= 11 is 0. The molecule has 0 radical (unpaired) electrons. The van der Waals surface area contributed by atoms with Crippen molar-refractivity contribution in [2.24, 2.45) is 0 Å². The molecule has 0 aromatic carbocycles. The smallest absolute Gasteiger partial charge is 0.362 e. The number of aliphatic hydroxyl groups is 1. The number of rotatable bonds is 19. The molecule has 3 N–H and O–H groups in total. The first kappa shape index (κ1) is 29.5. The fraction of sp³-hybridized carbons (Fsp3) is 0.833. The topological polar surface area (TPSA) is 77.8 Å². The third-order valence-corrected chi connectivity index (χ3v) is 6.72. The Labute approximate surface area is 186 Å². The average Bonchev–Trinajstić information content (AvgIpc) is 2.62. The number of hydrogen-bond acceptors (Lipinski definition) is 2. The predicted molar refractivity (Wildman–Crippen MR) is 128 cm³/mol. The molecule has 0 aromatic heterocycles. The number of quaternary nitrogens is 1. The maximum Gasteiger partial charge on any atom is 0.362 e. The summed E-state index contributed by atoms with van der Waals surface area (Å²) in [5.41, 5.74) is 0. The molecule has 1 unspecified atom stereocenters. The molecular weight excluding hydrogens is 397 g/mol. The Hall–Kier alpha value is -0.450. The zero-order valence-electron chi connectivity index (χ0n) is 20.1. The zero-order valence-corrected chi connectivity index (χ0v) is 21.0. The lowest BCUT2D eigenvalue weighted by atomic mass is 10.1. The summed E-state index contributed by atoms with van der Waals surface area (Å²) in [5.74, 6) is 0. The molecule has 0 fully saturated rings. The van der Waals surface area contributed by atoms with Crippen molar-refractivity contribution in [3.63, 3.8) is 0 Å². The highest BCUT2D eigenvalue weighted by molar-refractivity contribution is 7.53. The number of hydrogen-bond donors (Lipinski definition) is 3. The number of allylic oxidation sites excluding steroid dienone is 4. The molecule has 6 heteroatoms. The third kappa shape index (κ3) is 16.3. The molecule has 0 amide bonds. The molecule has 0 rings (SSSR count). The molecule has 0 aliphatic heterocycles. The van der Waals surface area contributed by atoms with E-state index in [0.717, 1.165) is 38.5 Å². The first-order valence-electron chi connectivity index (χ1n) is 11.9. The summed E-state index contributed by atoms with van der Waals surface area (Å²) in [5, 5.41) is 8.60. The molecule has 0 spiro atoms. The van der Waals surface area contributed by atoms with Crippen molar-refractivity contribution in [2.75, 3.05) is 27.7 Å². The summed E-state index contributed by atoms with van der Waals surface area (Å²) in [6.07, 6.45) is 24.0. The summed E-state index contributed by atoms with van der Waals surface area (Å²) in [6.45, 7) is 2.29. The lowest BCUT2D eigenvalue weighted by molar-refractivity contribution is -0.875. The van der Waals surface area contributed by atoms with Crippen LogP contribution in [0.4, 0.5) is 0 Å². The standard InChI is InChI=1S/C24H48NO4P/c1-5-6-7-8-9-10-11-12-13-14-15-16-17-18-19-20-21-22-24(26,30(27,28)29)23-25(2,3)4/h9-10,13-14,26H,5-8,11-12,15-23H2,1-4H3,(H-,27,28,29)/p+1/b10-9-,14-13-. The molecule has 0 aliphatic carbocycles. The summed E-state index contributed by atoms with van der Waals surface area (Å²) in [7, 11) is 0.954. The highest BCUT2D eigenvalue weighted by Gasteiger charge is 2.48. The van der Waals surface area contributed by atoms with E-state index in [9.17, 15) is 19.5 Å². The van der Waals surface area contributed by atoms with Crippen molar-refractivity contribution in [3.05, 3.63) is 24.3 Å². The maximum atomic E-state index is 11.8. The molecule has 178 valence electrons. The van der Waals surface area contributed by atoms with E-state index in [1.165, 1.54) is 38.5 Å². The Balaban J connectivity index is 3.74. The molecule has 0 aliphatic rings. The average molecular weight is 447 g/mol. The number of likely N-dealkylation sites (N-methyl/N-ethyl adjacent to an activating group) is 1. The van der Waals surface area contributed by atoms with Gasteiger partial charge in [0.25, 0.3) is 0 Å². The van der Waals surface area contributed by atoms with Gasteiger partial charge in [-0.25, -0.2) is 0 Å². The van der Waals surface area contributed by atoms with Crippen LogP contribution in [-0.4, -0.2) is 52.4 Å². The molecule has 30 heavy (non-hydrogen) atoms. The molecule has 0 saturated heterocycles. The van der Waals surface area contributed by atoms with Gasteiger partial charge in [-0.1, -0.05) is 69.8 Å². The Kier molecular flexibility index (Phi) is 16.0. The van der Waals surface area contributed by atoms with Crippen LogP contribution in [0.1, 0.15) is 96.8 Å². The van der Waals surface area contributed by atoms with Gasteiger partial charge in [-0.2, -0.15) is 0 Å². The number of nitrogens with zero attached hydrogens (tertiary/aromatic N) is 1. The Morgan fingerprint density at radius 1 is 0.733 bits per heavy atom. The van der Waals surface area contributed by atoms with Crippen LogP contribution in [0.2, 0.25) is 0 Å². The first-order valence-corrected chi connectivity index (χ1v) is 13.5. The monoisotopic (exact) mass is 446 g/mol. The van der Waals surface area contributed by atoms with Crippen LogP contribution in [0.5, 0.6) is 0 Å². The minimum Gasteiger partial charge on any atom is -0.373 e. The van der Waals surface area contributed by atoms with Gasteiger partial charge in [0.05, 0.1) is 21.1 Å². The number of unbranched alkanes of at least 4 members (excludes halogenated alkanes) is 10. The van der Waals surface area contributed by atoms with E-state index >= 15 is 0 Å². The van der Waals surface area contributed by atoms with Gasteiger partial charge >= 0.3 is 7.60 Å². The van der Waals surface area contributed by atoms with Crippen molar-refractivity contribution in [2.45, 2.75) is 102 Å². The van der Waals surface area contributed by atoms with Crippen LogP contribution in [0.15, 0.2) is 24.3 Å². The maximum absolute atomic E-state index is 11.8. The van der Waals surface area contributed by atoms with Crippen LogP contribution in [0.3, 0.4) is 0 Å². The zero-order chi connectivity index (χ0) is 22.9. The van der Waals surface area contributed by atoms with Crippen LogP contribution < -0.4 is 0 Å².